The highest BCUT2D eigenvalue weighted by molar-refractivity contribution is 5.72. The largest absolute Gasteiger partial charge is 0.456 e. The number of morpholine rings is 1. The van der Waals surface area contributed by atoms with Crippen molar-refractivity contribution in [3.8, 4) is 28.7 Å². The van der Waals surface area contributed by atoms with Crippen LogP contribution < -0.4 is 15.4 Å². The average Bonchev–Trinajstić information content (AvgIpc) is 2.84. The van der Waals surface area contributed by atoms with E-state index in [1.165, 1.54) is 0 Å². The van der Waals surface area contributed by atoms with Crippen molar-refractivity contribution in [2.75, 3.05) is 37.7 Å². The highest BCUT2D eigenvalue weighted by Gasteiger charge is 2.16. The fraction of sp³-hybridized carbons (Fsp3) is 0.280. The summed E-state index contributed by atoms with van der Waals surface area (Å²) < 4.78 is 11.7. The van der Waals surface area contributed by atoms with E-state index >= 15 is 0 Å². The lowest BCUT2D eigenvalue weighted by atomic mass is 10.00. The van der Waals surface area contributed by atoms with E-state index in [1.54, 1.807) is 12.1 Å². The number of nitrogens with two attached hydrogens (primary N) is 1. The summed E-state index contributed by atoms with van der Waals surface area (Å²) in [5.41, 5.74) is 9.44. The zero-order valence-electron chi connectivity index (χ0n) is 18.0. The molecule has 0 aliphatic carbocycles. The van der Waals surface area contributed by atoms with E-state index in [0.717, 1.165) is 41.3 Å². The molecule has 7 heteroatoms. The van der Waals surface area contributed by atoms with Gasteiger partial charge in [-0.1, -0.05) is 24.3 Å². The van der Waals surface area contributed by atoms with Gasteiger partial charge < -0.3 is 25.2 Å². The second-order valence-electron chi connectivity index (χ2n) is 7.70. The van der Waals surface area contributed by atoms with Crippen LogP contribution in [0.5, 0.6) is 11.5 Å². The van der Waals surface area contributed by atoms with Gasteiger partial charge in [0, 0.05) is 43.0 Å². The zero-order valence-corrected chi connectivity index (χ0v) is 18.0. The SMILES string of the molecule is Cc1cc(Oc2cc(C#N)ccc2-c2ccc(C(O)CN)cc2)cc(N2CCOCC2)n1. The minimum absolute atomic E-state index is 0.164. The van der Waals surface area contributed by atoms with Crippen LogP contribution in [0.1, 0.15) is 22.9 Å². The van der Waals surface area contributed by atoms with Crippen LogP contribution in [0.2, 0.25) is 0 Å². The summed E-state index contributed by atoms with van der Waals surface area (Å²) in [6, 6.07) is 18.9. The molecule has 0 amide bonds. The molecule has 1 aliphatic rings. The molecule has 1 saturated heterocycles. The zero-order chi connectivity index (χ0) is 22.5. The van der Waals surface area contributed by atoms with Crippen molar-refractivity contribution in [2.24, 2.45) is 5.73 Å². The van der Waals surface area contributed by atoms with Crippen molar-refractivity contribution in [2.45, 2.75) is 13.0 Å². The van der Waals surface area contributed by atoms with E-state index in [0.29, 0.717) is 30.3 Å². The molecule has 4 rings (SSSR count). The third kappa shape index (κ3) is 4.89. The molecule has 1 unspecified atom stereocenters. The lowest BCUT2D eigenvalue weighted by Gasteiger charge is -2.28. The van der Waals surface area contributed by atoms with Crippen LogP contribution >= 0.6 is 0 Å². The maximum atomic E-state index is 9.96. The molecule has 3 N–H and O–H groups in total. The Balaban J connectivity index is 1.68. The molecule has 1 aromatic heterocycles. The van der Waals surface area contributed by atoms with E-state index in [9.17, 15) is 10.4 Å². The predicted molar refractivity (Wildman–Crippen MR) is 123 cm³/mol. The van der Waals surface area contributed by atoms with E-state index in [-0.39, 0.29) is 6.54 Å². The van der Waals surface area contributed by atoms with Gasteiger partial charge in [0.1, 0.15) is 17.3 Å². The van der Waals surface area contributed by atoms with Gasteiger partial charge in [0.05, 0.1) is 31.0 Å². The molecular formula is C25H26N4O3. The maximum Gasteiger partial charge on any atom is 0.136 e. The summed E-state index contributed by atoms with van der Waals surface area (Å²) in [5, 5.41) is 19.4. The number of benzene rings is 2. The van der Waals surface area contributed by atoms with Gasteiger partial charge in [0.25, 0.3) is 0 Å². The Hall–Kier alpha value is -3.44. The van der Waals surface area contributed by atoms with E-state index in [4.69, 9.17) is 15.2 Å². The molecule has 1 fully saturated rings. The second kappa shape index (κ2) is 9.79. The Bertz CT molecular complexity index is 1120. The molecule has 2 heterocycles. The molecule has 7 nitrogen and oxygen atoms in total. The van der Waals surface area contributed by atoms with E-state index in [2.05, 4.69) is 16.0 Å². The van der Waals surface area contributed by atoms with Crippen molar-refractivity contribution in [1.29, 1.82) is 5.26 Å². The first-order chi connectivity index (χ1) is 15.6. The second-order valence-corrected chi connectivity index (χ2v) is 7.70. The van der Waals surface area contributed by atoms with Gasteiger partial charge >= 0.3 is 0 Å². The van der Waals surface area contributed by atoms with Crippen LogP contribution in [0.25, 0.3) is 11.1 Å². The first kappa shape index (κ1) is 21.8. The Labute approximate surface area is 187 Å². The Kier molecular flexibility index (Phi) is 6.66. The highest BCUT2D eigenvalue weighted by Crippen LogP contribution is 2.36. The van der Waals surface area contributed by atoms with Gasteiger partial charge in [0.2, 0.25) is 0 Å². The summed E-state index contributed by atoms with van der Waals surface area (Å²) in [7, 11) is 0. The molecule has 0 bridgehead atoms. The van der Waals surface area contributed by atoms with Crippen LogP contribution in [-0.2, 0) is 4.74 Å². The number of hydrogen-bond donors (Lipinski definition) is 2. The third-order valence-corrected chi connectivity index (χ3v) is 5.42. The molecule has 32 heavy (non-hydrogen) atoms. The first-order valence-electron chi connectivity index (χ1n) is 10.6. The van der Waals surface area contributed by atoms with Gasteiger partial charge in [0.15, 0.2) is 0 Å². The van der Waals surface area contributed by atoms with Crippen LogP contribution in [0.4, 0.5) is 5.82 Å². The number of aliphatic hydroxyl groups excluding tert-OH is 1. The fourth-order valence-electron chi connectivity index (χ4n) is 3.70. The number of aliphatic hydroxyl groups is 1. The molecule has 0 spiro atoms. The van der Waals surface area contributed by atoms with Gasteiger partial charge in [-0.15, -0.1) is 0 Å². The minimum atomic E-state index is -0.695. The number of aryl methyl sites for hydroxylation is 1. The van der Waals surface area contributed by atoms with Crippen molar-refractivity contribution < 1.29 is 14.6 Å². The van der Waals surface area contributed by atoms with Crippen LogP contribution in [0.15, 0.2) is 54.6 Å². The third-order valence-electron chi connectivity index (χ3n) is 5.42. The Morgan fingerprint density at radius 1 is 1.16 bits per heavy atom. The van der Waals surface area contributed by atoms with Crippen molar-refractivity contribution in [3.63, 3.8) is 0 Å². The van der Waals surface area contributed by atoms with Crippen molar-refractivity contribution >= 4 is 5.82 Å². The lowest BCUT2D eigenvalue weighted by molar-refractivity contribution is 0.122. The predicted octanol–water partition coefficient (Wildman–Crippen LogP) is 3.55. The summed E-state index contributed by atoms with van der Waals surface area (Å²) in [4.78, 5) is 6.83. The minimum Gasteiger partial charge on any atom is -0.456 e. The quantitative estimate of drug-likeness (QED) is 0.616. The molecule has 164 valence electrons. The molecule has 2 aromatic carbocycles. The summed E-state index contributed by atoms with van der Waals surface area (Å²) in [6.07, 6.45) is -0.695. The average molecular weight is 431 g/mol. The van der Waals surface area contributed by atoms with Crippen LogP contribution in [0, 0.1) is 18.3 Å². The number of aromatic nitrogens is 1. The first-order valence-corrected chi connectivity index (χ1v) is 10.6. The molecule has 1 aliphatic heterocycles. The number of anilines is 1. The highest BCUT2D eigenvalue weighted by atomic mass is 16.5. The maximum absolute atomic E-state index is 9.96. The summed E-state index contributed by atoms with van der Waals surface area (Å²) >= 11 is 0. The molecule has 0 saturated carbocycles. The normalized spacial score (nSPS) is 14.6. The van der Waals surface area contributed by atoms with Gasteiger partial charge in [-0.2, -0.15) is 5.26 Å². The van der Waals surface area contributed by atoms with Gasteiger partial charge in [-0.25, -0.2) is 4.98 Å². The van der Waals surface area contributed by atoms with E-state index in [1.807, 2.05) is 49.4 Å². The topological polar surface area (TPSA) is 105 Å². The molecule has 3 aromatic rings. The molecular weight excluding hydrogens is 404 g/mol. The van der Waals surface area contributed by atoms with Gasteiger partial charge in [-0.05, 0) is 36.2 Å². The van der Waals surface area contributed by atoms with Crippen molar-refractivity contribution in [1.82, 2.24) is 4.98 Å². The van der Waals surface area contributed by atoms with Crippen molar-refractivity contribution in [3.05, 3.63) is 71.4 Å². The van der Waals surface area contributed by atoms with Gasteiger partial charge in [-0.3, -0.25) is 0 Å². The number of nitriles is 1. The summed E-state index contributed by atoms with van der Waals surface area (Å²) in [6.45, 7) is 5.02. The summed E-state index contributed by atoms with van der Waals surface area (Å²) in [5.74, 6) is 2.08. The number of pyridine rings is 1. The number of rotatable bonds is 6. The number of ether oxygens (including phenoxy) is 2. The molecule has 0 radical (unpaired) electrons. The number of nitrogens with zero attached hydrogens (tertiary/aromatic N) is 3. The monoisotopic (exact) mass is 430 g/mol. The standard InChI is InChI=1S/C25H26N4O3/c1-17-12-21(14-25(28-17)29-8-10-31-11-9-29)32-24-13-18(15-26)2-7-22(24)19-3-5-20(6-4-19)23(30)16-27/h2-7,12-14,23,30H,8-11,16,27H2,1H3. The van der Waals surface area contributed by atoms with Crippen LogP contribution in [0.3, 0.4) is 0 Å². The smallest absolute Gasteiger partial charge is 0.136 e. The molecule has 1 atom stereocenters. The Morgan fingerprint density at radius 2 is 1.91 bits per heavy atom. The number of hydrogen-bond acceptors (Lipinski definition) is 7. The van der Waals surface area contributed by atoms with Crippen LogP contribution in [-0.4, -0.2) is 42.9 Å². The fourth-order valence-corrected chi connectivity index (χ4v) is 3.70. The van der Waals surface area contributed by atoms with E-state index < -0.39 is 6.10 Å². The lowest BCUT2D eigenvalue weighted by Crippen LogP contribution is -2.36. The Morgan fingerprint density at radius 3 is 2.59 bits per heavy atom.